The van der Waals surface area contributed by atoms with Gasteiger partial charge in [0.2, 0.25) is 0 Å². The molecule has 12 heteroatoms. The number of nitrogens with zero attached hydrogens (tertiary/aromatic N) is 2. The first kappa shape index (κ1) is 32.0. The molecule has 7 nitrogen and oxygen atoms in total. The van der Waals surface area contributed by atoms with Gasteiger partial charge in [0, 0.05) is 48.6 Å². The standard InChI is InChI=1S/C12H9NS2.C11H7NS2.2CO2.Li.H2O/c1-8-7-9-3-2-4-10(11(9)15-8)12-13-5-6-14-12;1-2-8-4-6-13-10(8)9(3-1)11-12-5-7-14-11;2*2-1-3;;/h2-7H,1H3;1-7H;;;;1H2/q;;;;+1;/p-1. The molecular weight excluding hydrogens is 543 g/mol. The molecule has 0 radical (unpaired) electrons. The second kappa shape index (κ2) is 16.6. The Bertz CT molecular complexity index is 1550. The largest absolute Gasteiger partial charge is 1.00 e. The van der Waals surface area contributed by atoms with Crippen LogP contribution in [0.25, 0.3) is 41.3 Å². The Balaban J connectivity index is 0.000000293. The van der Waals surface area contributed by atoms with Crippen LogP contribution < -0.4 is 18.9 Å². The molecule has 4 heterocycles. The Labute approximate surface area is 240 Å². The third kappa shape index (κ3) is 8.49. The fourth-order valence-electron chi connectivity index (χ4n) is 3.23. The van der Waals surface area contributed by atoms with E-state index in [2.05, 4.69) is 70.8 Å². The van der Waals surface area contributed by atoms with Crippen LogP contribution in [0.5, 0.6) is 0 Å². The number of thiophene rings is 2. The molecular formula is C25H17LiN2O5S4. The van der Waals surface area contributed by atoms with E-state index in [0.29, 0.717) is 0 Å². The molecule has 0 saturated carbocycles. The van der Waals surface area contributed by atoms with E-state index in [0.717, 1.165) is 10.0 Å². The van der Waals surface area contributed by atoms with Gasteiger partial charge in [-0.2, -0.15) is 19.2 Å². The minimum Gasteiger partial charge on any atom is -0.870 e. The minimum absolute atomic E-state index is 0. The fourth-order valence-corrected chi connectivity index (χ4v) is 6.64. The number of aromatic nitrogens is 2. The van der Waals surface area contributed by atoms with Crippen molar-refractivity contribution in [1.82, 2.24) is 9.97 Å². The van der Waals surface area contributed by atoms with Crippen LogP contribution in [0.3, 0.4) is 0 Å². The summed E-state index contributed by atoms with van der Waals surface area (Å²) >= 11 is 7.01. The Kier molecular flexibility index (Phi) is 14.4. The number of thiazole rings is 2. The van der Waals surface area contributed by atoms with Gasteiger partial charge in [-0.1, -0.05) is 36.4 Å². The number of carbonyl (C=O) groups excluding carboxylic acids is 4. The van der Waals surface area contributed by atoms with E-state index in [1.165, 1.54) is 36.2 Å². The van der Waals surface area contributed by atoms with Crippen LogP contribution in [-0.2, 0) is 19.2 Å². The molecule has 0 saturated heterocycles. The van der Waals surface area contributed by atoms with Gasteiger partial charge in [0.15, 0.2) is 0 Å². The maximum absolute atomic E-state index is 8.12. The maximum Gasteiger partial charge on any atom is 1.00 e. The minimum atomic E-state index is 0. The smallest absolute Gasteiger partial charge is 0.870 e. The normalized spacial score (nSPS) is 9.00. The van der Waals surface area contributed by atoms with Gasteiger partial charge in [-0.25, -0.2) is 9.97 Å². The first-order valence-corrected chi connectivity index (χ1v) is 13.3. The number of hydrogen-bond acceptors (Lipinski definition) is 11. The summed E-state index contributed by atoms with van der Waals surface area (Å²) in [5, 5.41) is 11.0. The second-order valence-electron chi connectivity index (χ2n) is 6.57. The summed E-state index contributed by atoms with van der Waals surface area (Å²) < 4.78 is 2.69. The Morgan fingerprint density at radius 1 is 0.676 bits per heavy atom. The van der Waals surface area contributed by atoms with Crippen molar-refractivity contribution in [3.8, 4) is 21.1 Å². The number of fused-ring (bicyclic) bond motifs is 2. The molecule has 1 N–H and O–H groups in total. The van der Waals surface area contributed by atoms with Gasteiger partial charge < -0.3 is 5.48 Å². The zero-order valence-electron chi connectivity index (χ0n) is 19.6. The molecule has 0 amide bonds. The number of aryl methyl sites for hydroxylation is 1. The van der Waals surface area contributed by atoms with E-state index >= 15 is 0 Å². The number of benzene rings is 2. The monoisotopic (exact) mass is 560 g/mol. The summed E-state index contributed by atoms with van der Waals surface area (Å²) in [7, 11) is 0. The van der Waals surface area contributed by atoms with Crippen molar-refractivity contribution < 1.29 is 43.5 Å². The van der Waals surface area contributed by atoms with Crippen LogP contribution in [-0.4, -0.2) is 27.7 Å². The molecule has 0 atom stereocenters. The first-order chi connectivity index (χ1) is 17.1. The van der Waals surface area contributed by atoms with Crippen LogP contribution >= 0.6 is 45.3 Å². The van der Waals surface area contributed by atoms with Crippen molar-refractivity contribution in [3.05, 3.63) is 81.9 Å². The van der Waals surface area contributed by atoms with Crippen molar-refractivity contribution in [2.45, 2.75) is 6.92 Å². The quantitative estimate of drug-likeness (QED) is 0.293. The first-order valence-electron chi connectivity index (χ1n) is 9.86. The second-order valence-corrected chi connectivity index (χ2v) is 10.5. The summed E-state index contributed by atoms with van der Waals surface area (Å²) in [6.45, 7) is 2.15. The van der Waals surface area contributed by atoms with E-state index < -0.39 is 0 Å². The SMILES string of the molecule is Cc1cc2cccc(-c3nccs3)c2s1.O=C=O.O=C=O.[Li+].[OH-].c1cc(-c2nccs2)c2sccc2c1. The molecule has 2 aromatic carbocycles. The molecule has 4 aromatic heterocycles. The van der Waals surface area contributed by atoms with Crippen molar-refractivity contribution in [2.24, 2.45) is 0 Å². The molecule has 0 bridgehead atoms. The summed E-state index contributed by atoms with van der Waals surface area (Å²) in [5.41, 5.74) is 2.52. The van der Waals surface area contributed by atoms with Gasteiger partial charge in [-0.3, -0.25) is 0 Å². The van der Waals surface area contributed by atoms with Crippen LogP contribution in [0.15, 0.2) is 77.1 Å². The van der Waals surface area contributed by atoms with E-state index in [1.54, 1.807) is 34.0 Å². The predicted molar refractivity (Wildman–Crippen MR) is 143 cm³/mol. The van der Waals surface area contributed by atoms with E-state index in [4.69, 9.17) is 19.2 Å². The molecule has 6 rings (SSSR count). The third-order valence-corrected chi connectivity index (χ3v) is 8.15. The van der Waals surface area contributed by atoms with E-state index in [9.17, 15) is 0 Å². The summed E-state index contributed by atoms with van der Waals surface area (Å²) in [5.74, 6) is 0. The number of hydrogen-bond donors (Lipinski definition) is 0. The van der Waals surface area contributed by atoms with Gasteiger partial charge >= 0.3 is 31.2 Å². The zero-order valence-corrected chi connectivity index (χ0v) is 22.9. The summed E-state index contributed by atoms with van der Waals surface area (Å²) in [6, 6.07) is 17.2. The van der Waals surface area contributed by atoms with Gasteiger partial charge in [-0.05, 0) is 35.2 Å². The molecule has 182 valence electrons. The van der Waals surface area contributed by atoms with Crippen molar-refractivity contribution in [1.29, 1.82) is 0 Å². The molecule has 0 spiro atoms. The van der Waals surface area contributed by atoms with Crippen molar-refractivity contribution in [3.63, 3.8) is 0 Å². The average Bonchev–Trinajstić information content (AvgIpc) is 3.67. The maximum atomic E-state index is 8.12. The molecule has 0 aliphatic heterocycles. The topological polar surface area (TPSA) is 124 Å². The fraction of sp³-hybridized carbons (Fsp3) is 0.0400. The molecule has 37 heavy (non-hydrogen) atoms. The molecule has 0 fully saturated rings. The van der Waals surface area contributed by atoms with Crippen LogP contribution in [0.4, 0.5) is 0 Å². The average molecular weight is 561 g/mol. The molecule has 0 aliphatic rings. The number of rotatable bonds is 2. The zero-order chi connectivity index (χ0) is 25.0. The van der Waals surface area contributed by atoms with Crippen molar-refractivity contribution >= 4 is 77.8 Å². The van der Waals surface area contributed by atoms with Gasteiger partial charge in [0.25, 0.3) is 0 Å². The van der Waals surface area contributed by atoms with E-state index in [1.807, 2.05) is 34.5 Å². The third-order valence-electron chi connectivity index (χ3n) is 4.47. The Morgan fingerprint density at radius 2 is 1.19 bits per heavy atom. The molecule has 0 unspecified atom stereocenters. The summed E-state index contributed by atoms with van der Waals surface area (Å²) in [6.07, 6.45) is 4.21. The Hall–Kier alpha value is -3.06. The van der Waals surface area contributed by atoms with E-state index in [-0.39, 0.29) is 36.6 Å². The van der Waals surface area contributed by atoms with Crippen LogP contribution in [0.2, 0.25) is 0 Å². The van der Waals surface area contributed by atoms with Crippen molar-refractivity contribution in [2.75, 3.05) is 0 Å². The Morgan fingerprint density at radius 3 is 1.70 bits per heavy atom. The van der Waals surface area contributed by atoms with Gasteiger partial charge in [0.1, 0.15) is 10.0 Å². The van der Waals surface area contributed by atoms with Gasteiger partial charge in [-0.15, -0.1) is 45.3 Å². The summed E-state index contributed by atoms with van der Waals surface area (Å²) in [4.78, 5) is 42.6. The molecule has 6 aromatic rings. The predicted octanol–water partition coefficient (Wildman–Crippen LogP) is 4.02. The van der Waals surface area contributed by atoms with Crippen LogP contribution in [0.1, 0.15) is 4.88 Å². The van der Waals surface area contributed by atoms with Crippen LogP contribution in [0, 0.1) is 6.92 Å². The molecule has 0 aliphatic carbocycles. The van der Waals surface area contributed by atoms with Gasteiger partial charge in [0.05, 0.1) is 0 Å².